The monoisotopic (exact) mass is 628 g/mol. The second-order valence-electron chi connectivity index (χ2n) is 10.1. The first-order valence-electron chi connectivity index (χ1n) is 13.5. The third-order valence-electron chi connectivity index (χ3n) is 7.27. The Labute approximate surface area is 250 Å². The van der Waals surface area contributed by atoms with Crippen molar-refractivity contribution in [3.8, 4) is 17.2 Å². The highest BCUT2D eigenvalue weighted by molar-refractivity contribution is 7.89. The van der Waals surface area contributed by atoms with Crippen molar-refractivity contribution in [3.63, 3.8) is 0 Å². The van der Waals surface area contributed by atoms with E-state index >= 15 is 0 Å². The van der Waals surface area contributed by atoms with Gasteiger partial charge in [0.2, 0.25) is 10.0 Å². The summed E-state index contributed by atoms with van der Waals surface area (Å²) in [4.78, 5) is 25.6. The molecule has 2 aromatic rings. The molecule has 2 saturated carbocycles. The van der Waals surface area contributed by atoms with Gasteiger partial charge in [0.15, 0.2) is 5.75 Å². The topological polar surface area (TPSA) is 120 Å². The maximum atomic E-state index is 13.4. The van der Waals surface area contributed by atoms with Crippen molar-refractivity contribution in [2.45, 2.75) is 57.0 Å². The molecular formula is C28H34Cl2N2O8S. The molecule has 0 radical (unpaired) electrons. The normalized spacial score (nSPS) is 19.6. The molecule has 2 aliphatic carbocycles. The van der Waals surface area contributed by atoms with E-state index in [2.05, 4.69) is 4.72 Å². The molecule has 3 atom stereocenters. The molecule has 2 aliphatic rings. The van der Waals surface area contributed by atoms with Crippen LogP contribution in [-0.2, 0) is 30.8 Å². The Morgan fingerprint density at radius 1 is 1.02 bits per heavy atom. The predicted molar refractivity (Wildman–Crippen MR) is 153 cm³/mol. The molecule has 4 rings (SSSR count). The zero-order valence-electron chi connectivity index (χ0n) is 23.2. The molecule has 2 fully saturated rings. The average molecular weight is 630 g/mol. The van der Waals surface area contributed by atoms with E-state index in [0.29, 0.717) is 17.4 Å². The second kappa shape index (κ2) is 13.5. The van der Waals surface area contributed by atoms with Crippen molar-refractivity contribution in [2.75, 3.05) is 26.9 Å². The number of carbonyl (C=O) groups excluding carboxylic acids is 2. The minimum absolute atomic E-state index is 0.0308. The van der Waals surface area contributed by atoms with E-state index in [1.54, 1.807) is 19.9 Å². The van der Waals surface area contributed by atoms with Gasteiger partial charge in [-0.15, -0.1) is 0 Å². The number of halogens is 2. The Morgan fingerprint density at radius 3 is 2.32 bits per heavy atom. The summed E-state index contributed by atoms with van der Waals surface area (Å²) in [5, 5.41) is 0.237. The largest absolute Gasteiger partial charge is 0.495 e. The molecular weight excluding hydrogens is 595 g/mol. The number of hydrogen-bond donors (Lipinski definition) is 1. The van der Waals surface area contributed by atoms with Gasteiger partial charge >= 0.3 is 12.1 Å². The smallest absolute Gasteiger partial charge is 0.410 e. The van der Waals surface area contributed by atoms with Crippen molar-refractivity contribution in [3.05, 3.63) is 45.9 Å². The highest BCUT2D eigenvalue weighted by Gasteiger charge is 2.41. The number of hydrogen-bond acceptors (Lipinski definition) is 8. The average Bonchev–Trinajstić information content (AvgIpc) is 3.54. The van der Waals surface area contributed by atoms with Crippen LogP contribution in [0.1, 0.15) is 45.1 Å². The summed E-state index contributed by atoms with van der Waals surface area (Å²) >= 11 is 13.0. The van der Waals surface area contributed by atoms with Gasteiger partial charge in [-0.1, -0.05) is 29.6 Å². The van der Waals surface area contributed by atoms with Gasteiger partial charge in [0.1, 0.15) is 22.9 Å². The lowest BCUT2D eigenvalue weighted by atomic mass is 9.96. The number of esters is 1. The summed E-state index contributed by atoms with van der Waals surface area (Å²) in [6.07, 6.45) is 3.39. The number of carbonyl (C=O) groups is 2. The standard InChI is InChI=1S/C28H34Cl2N2O8S/c1-4-38-26(33)16-32(28(34)39-5-2)15-18-11-21(29)27(22(30)12-18)40-20-8-9-24(37-3)25(14-20)41(35,36)31-23-13-17-6-7-19(23)10-17/h8-9,11-12,14,17,19,23,31H,4-7,10,13,15-16H2,1-3H3. The Hall–Kier alpha value is -2.73. The lowest BCUT2D eigenvalue weighted by Gasteiger charge is -2.23. The highest BCUT2D eigenvalue weighted by Crippen LogP contribution is 2.45. The Bertz CT molecular complexity index is 1360. The van der Waals surface area contributed by atoms with Crippen LogP contribution < -0.4 is 14.2 Å². The van der Waals surface area contributed by atoms with Crippen molar-refractivity contribution in [2.24, 2.45) is 11.8 Å². The first-order valence-corrected chi connectivity index (χ1v) is 15.7. The number of fused-ring (bicyclic) bond motifs is 2. The van der Waals surface area contributed by atoms with Crippen LogP contribution in [0.3, 0.4) is 0 Å². The summed E-state index contributed by atoms with van der Waals surface area (Å²) in [5.74, 6) is 0.810. The molecule has 2 aromatic carbocycles. The van der Waals surface area contributed by atoms with E-state index in [9.17, 15) is 18.0 Å². The molecule has 0 saturated heterocycles. The molecule has 41 heavy (non-hydrogen) atoms. The fourth-order valence-electron chi connectivity index (χ4n) is 5.48. The van der Waals surface area contributed by atoms with Crippen molar-refractivity contribution in [1.29, 1.82) is 0 Å². The van der Waals surface area contributed by atoms with E-state index in [4.69, 9.17) is 42.1 Å². The summed E-state index contributed by atoms with van der Waals surface area (Å²) in [6, 6.07) is 7.42. The number of amides is 1. The molecule has 3 unspecified atom stereocenters. The van der Waals surface area contributed by atoms with Gasteiger partial charge in [-0.05, 0) is 74.8 Å². The SMILES string of the molecule is CCOC(=O)CN(Cc1cc(Cl)c(Oc2ccc(OC)c(S(=O)(=O)NC3CC4CCC3C4)c2)c(Cl)c1)C(=O)OCC. The lowest BCUT2D eigenvalue weighted by Crippen LogP contribution is -2.38. The Balaban J connectivity index is 1.54. The summed E-state index contributed by atoms with van der Waals surface area (Å²) in [6.45, 7) is 3.27. The van der Waals surface area contributed by atoms with E-state index in [1.807, 2.05) is 0 Å². The zero-order valence-corrected chi connectivity index (χ0v) is 25.5. The second-order valence-corrected chi connectivity index (χ2v) is 12.6. The molecule has 0 heterocycles. The molecule has 13 heteroatoms. The van der Waals surface area contributed by atoms with Gasteiger partial charge in [0.25, 0.3) is 0 Å². The fourth-order valence-corrected chi connectivity index (χ4v) is 7.60. The number of rotatable bonds is 12. The quantitative estimate of drug-likeness (QED) is 0.294. The molecule has 224 valence electrons. The van der Waals surface area contributed by atoms with Crippen LogP contribution in [0.15, 0.2) is 35.2 Å². The van der Waals surface area contributed by atoms with Crippen LogP contribution in [0.2, 0.25) is 10.0 Å². The molecule has 1 N–H and O–H groups in total. The van der Waals surface area contributed by atoms with Crippen molar-refractivity contribution < 1.29 is 37.0 Å². The van der Waals surface area contributed by atoms with E-state index in [1.165, 1.54) is 36.3 Å². The number of ether oxygens (including phenoxy) is 4. The van der Waals surface area contributed by atoms with Gasteiger partial charge in [0.05, 0.1) is 30.4 Å². The first kappa shape index (κ1) is 31.2. The fraction of sp³-hybridized carbons (Fsp3) is 0.500. The molecule has 0 spiro atoms. The minimum Gasteiger partial charge on any atom is -0.495 e. The third-order valence-corrected chi connectivity index (χ3v) is 9.34. The maximum absolute atomic E-state index is 13.4. The number of benzene rings is 2. The van der Waals surface area contributed by atoms with Crippen LogP contribution >= 0.6 is 23.2 Å². The highest BCUT2D eigenvalue weighted by atomic mass is 35.5. The van der Waals surface area contributed by atoms with Gasteiger partial charge in [-0.2, -0.15) is 0 Å². The van der Waals surface area contributed by atoms with Crippen LogP contribution in [-0.4, -0.2) is 58.3 Å². The van der Waals surface area contributed by atoms with Gasteiger partial charge in [-0.25, -0.2) is 17.9 Å². The Kier molecular flexibility index (Phi) is 10.3. The van der Waals surface area contributed by atoms with E-state index in [0.717, 1.165) is 25.7 Å². The minimum atomic E-state index is -3.90. The molecule has 2 bridgehead atoms. The summed E-state index contributed by atoms with van der Waals surface area (Å²) in [5.41, 5.74) is 0.512. The van der Waals surface area contributed by atoms with Crippen LogP contribution in [0.25, 0.3) is 0 Å². The zero-order chi connectivity index (χ0) is 29.7. The van der Waals surface area contributed by atoms with Crippen LogP contribution in [0, 0.1) is 11.8 Å². The van der Waals surface area contributed by atoms with Gasteiger partial charge in [0, 0.05) is 18.7 Å². The van der Waals surface area contributed by atoms with Gasteiger partial charge < -0.3 is 18.9 Å². The number of methoxy groups -OCH3 is 1. The first-order chi connectivity index (χ1) is 19.5. The molecule has 1 amide bonds. The molecule has 10 nitrogen and oxygen atoms in total. The van der Waals surface area contributed by atoms with Crippen molar-refractivity contribution >= 4 is 45.3 Å². The molecule has 0 aromatic heterocycles. The van der Waals surface area contributed by atoms with Gasteiger partial charge in [-0.3, -0.25) is 9.69 Å². The lowest BCUT2D eigenvalue weighted by molar-refractivity contribution is -0.144. The summed E-state index contributed by atoms with van der Waals surface area (Å²) < 4.78 is 50.9. The van der Waals surface area contributed by atoms with Crippen LogP contribution in [0.4, 0.5) is 4.79 Å². The van der Waals surface area contributed by atoms with Crippen LogP contribution in [0.5, 0.6) is 17.2 Å². The van der Waals surface area contributed by atoms with Crippen molar-refractivity contribution in [1.82, 2.24) is 9.62 Å². The Morgan fingerprint density at radius 2 is 1.73 bits per heavy atom. The molecule has 0 aliphatic heterocycles. The predicted octanol–water partition coefficient (Wildman–Crippen LogP) is 5.78. The maximum Gasteiger partial charge on any atom is 0.410 e. The number of nitrogens with zero attached hydrogens (tertiary/aromatic N) is 1. The van der Waals surface area contributed by atoms with E-state index in [-0.39, 0.29) is 64.5 Å². The number of nitrogens with one attached hydrogen (secondary N) is 1. The van der Waals surface area contributed by atoms with E-state index < -0.39 is 22.1 Å². The summed E-state index contributed by atoms with van der Waals surface area (Å²) in [7, 11) is -2.50. The number of sulfonamides is 1. The third kappa shape index (κ3) is 7.57.